The summed E-state index contributed by atoms with van der Waals surface area (Å²) < 4.78 is 22.4. The maximum Gasteiger partial charge on any atom is 0.280 e. The van der Waals surface area contributed by atoms with E-state index in [0.29, 0.717) is 48.8 Å². The lowest BCUT2D eigenvalue weighted by Crippen LogP contribution is -2.45. The number of hydrogen-bond donors (Lipinski definition) is 2. The average Bonchev–Trinajstić information content (AvgIpc) is 3.27. The molecule has 0 aliphatic carbocycles. The number of aromatic hydroxyl groups is 1. The van der Waals surface area contributed by atoms with E-state index in [1.807, 2.05) is 32.3 Å². The number of nitrogens with zero attached hydrogens (tertiary/aromatic N) is 5. The number of phenolic OH excluding ortho intramolecular Hbond substituents is 1. The number of aromatic nitrogens is 3. The van der Waals surface area contributed by atoms with Crippen molar-refractivity contribution in [1.82, 2.24) is 24.6 Å². The standard InChI is InChI=1S/C24H29FN6O4.C2H6/c1-4-28-12-14(2)31-19-18(21(35-3)20(31)24(28)34)23(33)30(13-15-5-6-16(25)11-17(15)32)27-22(19)29-9-7-26-8-10-29;1-2/h5-6,11,14,26,32H,4,7-10,12-13H2,1-3H3;1-2H3. The number of carbonyl (C=O) groups excluding carboxylic acids is 1. The number of methoxy groups -OCH3 is 1. The number of anilines is 1. The summed E-state index contributed by atoms with van der Waals surface area (Å²) >= 11 is 0. The van der Waals surface area contributed by atoms with Crippen molar-refractivity contribution in [2.24, 2.45) is 0 Å². The molecule has 5 rings (SSSR count). The molecule has 2 aliphatic rings. The largest absolute Gasteiger partial charge is 0.507 e. The van der Waals surface area contributed by atoms with E-state index in [0.717, 1.165) is 19.2 Å². The monoisotopic (exact) mass is 514 g/mol. The van der Waals surface area contributed by atoms with Crippen molar-refractivity contribution in [2.75, 3.05) is 51.3 Å². The van der Waals surface area contributed by atoms with Gasteiger partial charge in [0.05, 0.1) is 13.7 Å². The van der Waals surface area contributed by atoms with Crippen LogP contribution in [0.15, 0.2) is 23.0 Å². The molecule has 1 fully saturated rings. The van der Waals surface area contributed by atoms with Crippen LogP contribution < -0.4 is 20.5 Å². The van der Waals surface area contributed by atoms with Crippen molar-refractivity contribution in [2.45, 2.75) is 40.3 Å². The first-order valence-electron chi connectivity index (χ1n) is 12.8. The predicted molar refractivity (Wildman–Crippen MR) is 140 cm³/mol. The van der Waals surface area contributed by atoms with Gasteiger partial charge in [0.25, 0.3) is 11.5 Å². The van der Waals surface area contributed by atoms with Gasteiger partial charge < -0.3 is 29.5 Å². The summed E-state index contributed by atoms with van der Waals surface area (Å²) in [6, 6.07) is 3.58. The molecule has 0 saturated carbocycles. The second-order valence-electron chi connectivity index (χ2n) is 8.96. The van der Waals surface area contributed by atoms with Crippen molar-refractivity contribution in [1.29, 1.82) is 0 Å². The molecule has 2 N–H and O–H groups in total. The Morgan fingerprint density at radius 3 is 2.54 bits per heavy atom. The number of nitrogens with one attached hydrogen (secondary N) is 1. The molecule has 1 atom stereocenters. The molecule has 10 nitrogen and oxygen atoms in total. The zero-order valence-corrected chi connectivity index (χ0v) is 22.0. The SMILES string of the molecule is CC.CCN1CC(C)n2c(c(OC)c3c(=O)n(Cc4ccc(F)cc4O)nc(N4CCNCC4)c32)C1=O. The summed E-state index contributed by atoms with van der Waals surface area (Å²) in [5.41, 5.74) is 0.848. The highest BCUT2D eigenvalue weighted by Gasteiger charge is 2.38. The zero-order chi connectivity index (χ0) is 26.9. The zero-order valence-electron chi connectivity index (χ0n) is 22.0. The van der Waals surface area contributed by atoms with Gasteiger partial charge in [-0.3, -0.25) is 9.59 Å². The van der Waals surface area contributed by atoms with E-state index in [1.54, 1.807) is 4.90 Å². The van der Waals surface area contributed by atoms with Gasteiger partial charge in [0.2, 0.25) is 0 Å². The van der Waals surface area contributed by atoms with E-state index in [4.69, 9.17) is 9.84 Å². The molecule has 1 saturated heterocycles. The van der Waals surface area contributed by atoms with Crippen LogP contribution in [0.25, 0.3) is 10.9 Å². The van der Waals surface area contributed by atoms with Crippen LogP contribution in [0.2, 0.25) is 0 Å². The highest BCUT2D eigenvalue weighted by Crippen LogP contribution is 2.40. The second-order valence-corrected chi connectivity index (χ2v) is 8.96. The number of ether oxygens (including phenoxy) is 1. The Balaban J connectivity index is 0.00000156. The lowest BCUT2D eigenvalue weighted by molar-refractivity contribution is 0.0685. The topological polar surface area (TPSA) is 105 Å². The number of hydrogen-bond acceptors (Lipinski definition) is 7. The second kappa shape index (κ2) is 10.8. The number of carbonyl (C=O) groups is 1. The van der Waals surface area contributed by atoms with E-state index in [2.05, 4.69) is 10.2 Å². The molecule has 4 heterocycles. The number of likely N-dealkylation sites (N-methyl/N-ethyl adjacent to an activating group) is 1. The van der Waals surface area contributed by atoms with Gasteiger partial charge in [-0.25, -0.2) is 9.07 Å². The minimum atomic E-state index is -0.571. The first-order valence-corrected chi connectivity index (χ1v) is 12.8. The van der Waals surface area contributed by atoms with Crippen LogP contribution in [0.4, 0.5) is 10.2 Å². The van der Waals surface area contributed by atoms with Crippen molar-refractivity contribution in [3.05, 3.63) is 45.6 Å². The van der Waals surface area contributed by atoms with Crippen LogP contribution in [0.5, 0.6) is 11.5 Å². The number of amides is 1. The fourth-order valence-corrected chi connectivity index (χ4v) is 5.10. The number of fused-ring (bicyclic) bond motifs is 3. The maximum absolute atomic E-state index is 13.8. The summed E-state index contributed by atoms with van der Waals surface area (Å²) in [6.07, 6.45) is 0. The Bertz CT molecular complexity index is 1360. The summed E-state index contributed by atoms with van der Waals surface area (Å²) in [5, 5.41) is 18.6. The molecule has 2 aliphatic heterocycles. The van der Waals surface area contributed by atoms with E-state index >= 15 is 0 Å². The van der Waals surface area contributed by atoms with Gasteiger partial charge in [0.1, 0.15) is 22.5 Å². The van der Waals surface area contributed by atoms with Gasteiger partial charge in [-0.15, -0.1) is 5.10 Å². The molecule has 0 bridgehead atoms. The Kier molecular flexibility index (Phi) is 7.72. The third-order valence-corrected chi connectivity index (χ3v) is 6.82. The quantitative estimate of drug-likeness (QED) is 0.539. The molecule has 1 aromatic carbocycles. The molecule has 37 heavy (non-hydrogen) atoms. The van der Waals surface area contributed by atoms with Crippen molar-refractivity contribution >= 4 is 22.6 Å². The summed E-state index contributed by atoms with van der Waals surface area (Å²) in [6.45, 7) is 11.8. The van der Waals surface area contributed by atoms with Crippen molar-refractivity contribution in [3.63, 3.8) is 0 Å². The van der Waals surface area contributed by atoms with Gasteiger partial charge in [-0.2, -0.15) is 0 Å². The van der Waals surface area contributed by atoms with Gasteiger partial charge in [-0.05, 0) is 19.9 Å². The third kappa shape index (κ3) is 4.52. The number of halogens is 1. The normalized spacial score (nSPS) is 17.5. The van der Waals surface area contributed by atoms with Crippen LogP contribution in [-0.2, 0) is 6.54 Å². The molecule has 2 aromatic heterocycles. The Labute approximate surface area is 215 Å². The third-order valence-electron chi connectivity index (χ3n) is 6.82. The van der Waals surface area contributed by atoms with Crippen molar-refractivity contribution in [3.8, 4) is 11.5 Å². The molecule has 1 unspecified atom stereocenters. The maximum atomic E-state index is 13.8. The lowest BCUT2D eigenvalue weighted by atomic mass is 10.2. The smallest absolute Gasteiger partial charge is 0.280 e. The van der Waals surface area contributed by atoms with Gasteiger partial charge >= 0.3 is 0 Å². The predicted octanol–water partition coefficient (Wildman–Crippen LogP) is 2.57. The summed E-state index contributed by atoms with van der Waals surface area (Å²) in [5.74, 6) is -0.203. The fraction of sp³-hybridized carbons (Fsp3) is 0.500. The Morgan fingerprint density at radius 1 is 1.22 bits per heavy atom. The number of benzene rings is 1. The molecular weight excluding hydrogens is 479 g/mol. The minimum Gasteiger partial charge on any atom is -0.507 e. The lowest BCUT2D eigenvalue weighted by Gasteiger charge is -2.34. The molecule has 1 amide bonds. The summed E-state index contributed by atoms with van der Waals surface area (Å²) in [7, 11) is 1.46. The molecule has 3 aromatic rings. The highest BCUT2D eigenvalue weighted by atomic mass is 19.1. The molecule has 0 radical (unpaired) electrons. The van der Waals surface area contributed by atoms with Crippen LogP contribution in [0.3, 0.4) is 0 Å². The fourth-order valence-electron chi connectivity index (χ4n) is 5.10. The average molecular weight is 515 g/mol. The molecule has 0 spiro atoms. The molecule has 11 heteroatoms. The minimum absolute atomic E-state index is 0.0613. The van der Waals surface area contributed by atoms with E-state index in [-0.39, 0.29) is 35.4 Å². The number of rotatable bonds is 5. The van der Waals surface area contributed by atoms with E-state index in [1.165, 1.54) is 23.9 Å². The van der Waals surface area contributed by atoms with Crippen molar-refractivity contribution < 1.29 is 19.0 Å². The first-order chi connectivity index (χ1) is 17.8. The molecule has 200 valence electrons. The van der Waals surface area contributed by atoms with Crippen LogP contribution in [0, 0.1) is 5.82 Å². The van der Waals surface area contributed by atoms with Gasteiger partial charge in [-0.1, -0.05) is 19.9 Å². The molecular formula is C26H35FN6O4. The Hall–Kier alpha value is -3.60. The van der Waals surface area contributed by atoms with Gasteiger partial charge in [0.15, 0.2) is 17.3 Å². The van der Waals surface area contributed by atoms with Crippen LogP contribution in [-0.4, -0.2) is 76.6 Å². The Morgan fingerprint density at radius 2 is 1.92 bits per heavy atom. The van der Waals surface area contributed by atoms with E-state index < -0.39 is 11.4 Å². The van der Waals surface area contributed by atoms with Crippen LogP contribution >= 0.6 is 0 Å². The summed E-state index contributed by atoms with van der Waals surface area (Å²) in [4.78, 5) is 31.0. The van der Waals surface area contributed by atoms with Gasteiger partial charge in [0, 0.05) is 56.9 Å². The van der Waals surface area contributed by atoms with Crippen LogP contribution in [0.1, 0.15) is 49.8 Å². The highest BCUT2D eigenvalue weighted by molar-refractivity contribution is 6.07. The first kappa shape index (κ1) is 26.5. The number of phenols is 1. The van der Waals surface area contributed by atoms with E-state index in [9.17, 15) is 19.1 Å². The number of piperazine rings is 1.